The van der Waals surface area contributed by atoms with Crippen molar-refractivity contribution in [2.45, 2.75) is 11.3 Å². The van der Waals surface area contributed by atoms with Crippen molar-refractivity contribution >= 4 is 43.8 Å². The van der Waals surface area contributed by atoms with Gasteiger partial charge in [-0.15, -0.1) is 0 Å². The molecule has 0 spiro atoms. The van der Waals surface area contributed by atoms with E-state index in [1.54, 1.807) is 6.07 Å². The van der Waals surface area contributed by atoms with Gasteiger partial charge in [-0.3, -0.25) is 0 Å². The number of hydrogen-bond donors (Lipinski definition) is 1. The Kier molecular flexibility index (Phi) is 7.42. The van der Waals surface area contributed by atoms with Gasteiger partial charge in [-0.1, -0.05) is 11.6 Å². The largest absolute Gasteiger partial charge is 0.500 e. The van der Waals surface area contributed by atoms with Crippen molar-refractivity contribution in [3.05, 3.63) is 65.2 Å². The minimum Gasteiger partial charge on any atom is -0.500 e. The SMILES string of the molecule is CN(C)CCCOC=CS(=O)(=O)c1ccc2ncnc(Nc3ccc(F)c(Cl)c3)c2c1. The average molecular weight is 465 g/mol. The fourth-order valence-corrected chi connectivity index (χ4v) is 3.85. The predicted octanol–water partition coefficient (Wildman–Crippen LogP) is 4.38. The van der Waals surface area contributed by atoms with Gasteiger partial charge in [-0.05, 0) is 56.9 Å². The predicted molar refractivity (Wildman–Crippen MR) is 120 cm³/mol. The van der Waals surface area contributed by atoms with Crippen molar-refractivity contribution < 1.29 is 17.5 Å². The first-order chi connectivity index (χ1) is 14.8. The second-order valence-corrected chi connectivity index (χ2v) is 9.24. The van der Waals surface area contributed by atoms with E-state index in [4.69, 9.17) is 16.3 Å². The normalized spacial score (nSPS) is 12.0. The van der Waals surface area contributed by atoms with Crippen LogP contribution in [0.3, 0.4) is 0 Å². The first kappa shape index (κ1) is 22.9. The molecule has 2 aromatic carbocycles. The third kappa shape index (κ3) is 6.13. The van der Waals surface area contributed by atoms with Crippen LogP contribution >= 0.6 is 11.6 Å². The molecular formula is C21H22ClFN4O3S. The summed E-state index contributed by atoms with van der Waals surface area (Å²) in [6, 6.07) is 8.70. The highest BCUT2D eigenvalue weighted by atomic mass is 35.5. The molecule has 3 rings (SSSR count). The van der Waals surface area contributed by atoms with E-state index in [2.05, 4.69) is 15.3 Å². The van der Waals surface area contributed by atoms with E-state index in [0.717, 1.165) is 18.4 Å². The molecule has 0 unspecified atom stereocenters. The van der Waals surface area contributed by atoms with Crippen molar-refractivity contribution in [2.75, 3.05) is 32.6 Å². The van der Waals surface area contributed by atoms with E-state index in [1.165, 1.54) is 42.9 Å². The molecular weight excluding hydrogens is 443 g/mol. The Morgan fingerprint density at radius 1 is 1.19 bits per heavy atom. The lowest BCUT2D eigenvalue weighted by Crippen LogP contribution is -2.14. The summed E-state index contributed by atoms with van der Waals surface area (Å²) in [7, 11) is 0.185. The molecule has 0 bridgehead atoms. The van der Waals surface area contributed by atoms with Crippen LogP contribution in [0.5, 0.6) is 0 Å². The molecule has 1 aromatic heterocycles. The molecule has 0 atom stereocenters. The van der Waals surface area contributed by atoms with Gasteiger partial charge >= 0.3 is 0 Å². The van der Waals surface area contributed by atoms with E-state index >= 15 is 0 Å². The monoisotopic (exact) mass is 464 g/mol. The van der Waals surface area contributed by atoms with Crippen molar-refractivity contribution in [2.24, 2.45) is 0 Å². The van der Waals surface area contributed by atoms with Crippen LogP contribution in [0.1, 0.15) is 6.42 Å². The van der Waals surface area contributed by atoms with Crippen LogP contribution in [0.25, 0.3) is 10.9 Å². The summed E-state index contributed by atoms with van der Waals surface area (Å²) >= 11 is 5.83. The fourth-order valence-electron chi connectivity index (χ4n) is 2.75. The molecule has 164 valence electrons. The van der Waals surface area contributed by atoms with Crippen molar-refractivity contribution in [1.82, 2.24) is 14.9 Å². The number of fused-ring (bicyclic) bond motifs is 1. The molecule has 1 heterocycles. The number of ether oxygens (including phenoxy) is 1. The van der Waals surface area contributed by atoms with Crippen LogP contribution < -0.4 is 5.32 Å². The van der Waals surface area contributed by atoms with Crippen LogP contribution in [0.15, 0.2) is 59.3 Å². The topological polar surface area (TPSA) is 84.4 Å². The van der Waals surface area contributed by atoms with E-state index in [9.17, 15) is 12.8 Å². The molecule has 3 aromatic rings. The average Bonchev–Trinajstić information content (AvgIpc) is 2.73. The zero-order valence-electron chi connectivity index (χ0n) is 17.0. The third-order valence-electron chi connectivity index (χ3n) is 4.32. The van der Waals surface area contributed by atoms with Crippen LogP contribution in [0.2, 0.25) is 5.02 Å². The molecule has 10 heteroatoms. The summed E-state index contributed by atoms with van der Waals surface area (Å²) in [6.07, 6.45) is 3.33. The second-order valence-electron chi connectivity index (χ2n) is 7.00. The van der Waals surface area contributed by atoms with E-state index < -0.39 is 15.7 Å². The molecule has 0 saturated carbocycles. The van der Waals surface area contributed by atoms with Gasteiger partial charge in [0.2, 0.25) is 9.84 Å². The van der Waals surface area contributed by atoms with Gasteiger partial charge in [0.1, 0.15) is 18.0 Å². The Morgan fingerprint density at radius 3 is 2.74 bits per heavy atom. The van der Waals surface area contributed by atoms with Crippen LogP contribution in [-0.2, 0) is 14.6 Å². The first-order valence-corrected chi connectivity index (χ1v) is 11.3. The Morgan fingerprint density at radius 2 is 2.00 bits per heavy atom. The zero-order valence-corrected chi connectivity index (χ0v) is 18.6. The highest BCUT2D eigenvalue weighted by Gasteiger charge is 2.14. The quantitative estimate of drug-likeness (QED) is 0.371. The maximum absolute atomic E-state index is 13.4. The van der Waals surface area contributed by atoms with Gasteiger partial charge in [-0.2, -0.15) is 0 Å². The fraction of sp³-hybridized carbons (Fsp3) is 0.238. The van der Waals surface area contributed by atoms with Crippen LogP contribution in [-0.4, -0.2) is 50.5 Å². The summed E-state index contributed by atoms with van der Waals surface area (Å²) in [6.45, 7) is 1.27. The number of aromatic nitrogens is 2. The lowest BCUT2D eigenvalue weighted by Gasteiger charge is -2.10. The Bertz CT molecular complexity index is 1200. The molecule has 0 radical (unpaired) electrons. The highest BCUT2D eigenvalue weighted by Crippen LogP contribution is 2.28. The Hall–Kier alpha value is -2.75. The number of sulfone groups is 1. The van der Waals surface area contributed by atoms with Crippen LogP contribution in [0.4, 0.5) is 15.9 Å². The van der Waals surface area contributed by atoms with Gasteiger partial charge in [0.25, 0.3) is 0 Å². The van der Waals surface area contributed by atoms with Gasteiger partial charge in [0, 0.05) is 17.6 Å². The molecule has 0 aliphatic carbocycles. The van der Waals surface area contributed by atoms with E-state index in [0.29, 0.717) is 29.0 Å². The van der Waals surface area contributed by atoms with Crippen LogP contribution in [0, 0.1) is 5.82 Å². The molecule has 31 heavy (non-hydrogen) atoms. The zero-order chi connectivity index (χ0) is 22.4. The van der Waals surface area contributed by atoms with Crippen molar-refractivity contribution in [3.63, 3.8) is 0 Å². The molecule has 0 amide bonds. The Labute approximate surface area is 185 Å². The number of nitrogens with zero attached hydrogens (tertiary/aromatic N) is 3. The molecule has 0 saturated heterocycles. The van der Waals surface area contributed by atoms with E-state index in [-0.39, 0.29) is 9.92 Å². The maximum Gasteiger partial charge on any atom is 0.202 e. The number of nitrogens with one attached hydrogen (secondary N) is 1. The molecule has 7 nitrogen and oxygen atoms in total. The number of halogens is 2. The maximum atomic E-state index is 13.4. The summed E-state index contributed by atoms with van der Waals surface area (Å²) in [5.74, 6) is -0.169. The van der Waals surface area contributed by atoms with E-state index in [1.807, 2.05) is 19.0 Å². The summed E-state index contributed by atoms with van der Waals surface area (Å²) in [5, 5.41) is 4.50. The molecule has 0 aliphatic rings. The molecule has 0 aliphatic heterocycles. The summed E-state index contributed by atoms with van der Waals surface area (Å²) in [4.78, 5) is 10.4. The third-order valence-corrected chi connectivity index (χ3v) is 5.99. The van der Waals surface area contributed by atoms with Gasteiger partial charge in [0.05, 0.1) is 33.7 Å². The van der Waals surface area contributed by atoms with Gasteiger partial charge in [0.15, 0.2) is 0 Å². The number of hydrogen-bond acceptors (Lipinski definition) is 7. The minimum atomic E-state index is -3.73. The lowest BCUT2D eigenvalue weighted by molar-refractivity contribution is 0.228. The standard InChI is InChI=1S/C21H22ClFN4O3S/c1-27(2)8-3-9-30-10-11-31(28,29)16-5-7-20-17(13-16)21(25-14-24-20)26-15-4-6-19(23)18(22)12-15/h4-7,10-14H,3,8-9H2,1-2H3,(H,24,25,26). The number of benzene rings is 2. The Balaban J connectivity index is 1.82. The van der Waals surface area contributed by atoms with Crippen molar-refractivity contribution in [1.29, 1.82) is 0 Å². The lowest BCUT2D eigenvalue weighted by atomic mass is 10.2. The number of anilines is 2. The smallest absolute Gasteiger partial charge is 0.202 e. The summed E-state index contributed by atoms with van der Waals surface area (Å²) in [5.41, 5.74) is 1.05. The first-order valence-electron chi connectivity index (χ1n) is 9.41. The highest BCUT2D eigenvalue weighted by molar-refractivity contribution is 7.94. The van der Waals surface area contributed by atoms with Gasteiger partial charge < -0.3 is 15.0 Å². The number of rotatable bonds is 9. The molecule has 0 fully saturated rings. The minimum absolute atomic E-state index is 0.0395. The van der Waals surface area contributed by atoms with Gasteiger partial charge in [-0.25, -0.2) is 22.8 Å². The second kappa shape index (κ2) is 10.0. The molecule has 1 N–H and O–H groups in total. The summed E-state index contributed by atoms with van der Waals surface area (Å²) < 4.78 is 44.0. The van der Waals surface area contributed by atoms with Crippen molar-refractivity contribution in [3.8, 4) is 0 Å².